The summed E-state index contributed by atoms with van der Waals surface area (Å²) in [6.45, 7) is 1.70. The highest BCUT2D eigenvalue weighted by Crippen LogP contribution is 2.34. The van der Waals surface area contributed by atoms with Crippen LogP contribution in [0.5, 0.6) is 0 Å². The topological polar surface area (TPSA) is 65.9 Å². The Kier molecular flexibility index (Phi) is 2.81. The van der Waals surface area contributed by atoms with Gasteiger partial charge in [0.15, 0.2) is 0 Å². The Morgan fingerprint density at radius 2 is 2.11 bits per heavy atom. The zero-order chi connectivity index (χ0) is 13.2. The first-order chi connectivity index (χ1) is 9.29. The number of nitriles is 1. The number of hydrogen-bond donors (Lipinski definition) is 1. The van der Waals surface area contributed by atoms with Crippen LogP contribution in [-0.4, -0.2) is 11.5 Å². The number of fused-ring (bicyclic) bond motifs is 1. The fourth-order valence-corrected chi connectivity index (χ4v) is 2.54. The van der Waals surface area contributed by atoms with E-state index in [2.05, 4.69) is 28.1 Å². The van der Waals surface area contributed by atoms with Crippen molar-refractivity contribution in [1.82, 2.24) is 4.98 Å². The molecule has 0 radical (unpaired) electrons. The summed E-state index contributed by atoms with van der Waals surface area (Å²) in [6, 6.07) is 12.4. The second-order valence-electron chi connectivity index (χ2n) is 4.66. The Balaban J connectivity index is 1.98. The first kappa shape index (κ1) is 11.5. The van der Waals surface area contributed by atoms with E-state index in [4.69, 9.17) is 5.73 Å². The minimum Gasteiger partial charge on any atom is -0.383 e. The van der Waals surface area contributed by atoms with E-state index in [1.165, 1.54) is 5.56 Å². The van der Waals surface area contributed by atoms with Crippen LogP contribution < -0.4 is 10.6 Å². The van der Waals surface area contributed by atoms with E-state index < -0.39 is 0 Å². The van der Waals surface area contributed by atoms with E-state index >= 15 is 0 Å². The number of hydrogen-bond acceptors (Lipinski definition) is 4. The van der Waals surface area contributed by atoms with Crippen LogP contribution in [0.2, 0.25) is 0 Å². The molecule has 0 atom stereocenters. The summed E-state index contributed by atoms with van der Waals surface area (Å²) in [6.07, 6.45) is 2.71. The standard InChI is InChI=1S/C15H14N4/c16-8-13-14-12(9-18-15(13)17)6-7-19(14)10-11-4-2-1-3-5-11/h1-5,9H,6-7,10H2,(H2,17,18). The number of anilines is 2. The molecule has 2 N–H and O–H groups in total. The molecule has 2 aromatic rings. The van der Waals surface area contributed by atoms with Crippen molar-refractivity contribution < 1.29 is 0 Å². The Bertz CT molecular complexity index is 643. The van der Waals surface area contributed by atoms with Gasteiger partial charge in [-0.1, -0.05) is 30.3 Å². The number of benzene rings is 1. The lowest BCUT2D eigenvalue weighted by atomic mass is 10.1. The highest BCUT2D eigenvalue weighted by molar-refractivity contribution is 5.73. The molecule has 4 nitrogen and oxygen atoms in total. The molecule has 1 aliphatic rings. The molecule has 94 valence electrons. The Hall–Kier alpha value is -2.54. The molecule has 2 heterocycles. The van der Waals surface area contributed by atoms with Gasteiger partial charge in [0.05, 0.1) is 5.69 Å². The van der Waals surface area contributed by atoms with Crippen LogP contribution in [0, 0.1) is 11.3 Å². The van der Waals surface area contributed by atoms with Crippen LogP contribution in [0.4, 0.5) is 11.5 Å². The van der Waals surface area contributed by atoms with E-state index in [1.807, 2.05) is 18.2 Å². The number of nitrogen functional groups attached to an aromatic ring is 1. The van der Waals surface area contributed by atoms with E-state index in [-0.39, 0.29) is 0 Å². The van der Waals surface area contributed by atoms with Crippen LogP contribution in [0.25, 0.3) is 0 Å². The van der Waals surface area contributed by atoms with Crippen LogP contribution >= 0.6 is 0 Å². The van der Waals surface area contributed by atoms with Gasteiger partial charge in [-0.15, -0.1) is 0 Å². The predicted molar refractivity (Wildman–Crippen MR) is 74.6 cm³/mol. The second-order valence-corrected chi connectivity index (χ2v) is 4.66. The average Bonchev–Trinajstić information content (AvgIpc) is 2.83. The van der Waals surface area contributed by atoms with E-state index in [0.29, 0.717) is 11.4 Å². The first-order valence-electron chi connectivity index (χ1n) is 6.26. The molecule has 4 heteroatoms. The predicted octanol–water partition coefficient (Wildman–Crippen LogP) is 2.10. The molecule has 19 heavy (non-hydrogen) atoms. The van der Waals surface area contributed by atoms with E-state index in [1.54, 1.807) is 6.20 Å². The zero-order valence-corrected chi connectivity index (χ0v) is 10.5. The van der Waals surface area contributed by atoms with Gasteiger partial charge in [0, 0.05) is 19.3 Å². The number of aromatic nitrogens is 1. The lowest BCUT2D eigenvalue weighted by molar-refractivity contribution is 0.835. The molecule has 0 bridgehead atoms. The summed E-state index contributed by atoms with van der Waals surface area (Å²) in [5.74, 6) is 0.321. The van der Waals surface area contributed by atoms with E-state index in [9.17, 15) is 5.26 Å². The maximum absolute atomic E-state index is 9.27. The largest absolute Gasteiger partial charge is 0.383 e. The monoisotopic (exact) mass is 250 g/mol. The number of nitrogens with two attached hydrogens (primary N) is 1. The minimum absolute atomic E-state index is 0.321. The number of rotatable bonds is 2. The van der Waals surface area contributed by atoms with Crippen LogP contribution in [-0.2, 0) is 13.0 Å². The molecular weight excluding hydrogens is 236 g/mol. The smallest absolute Gasteiger partial charge is 0.143 e. The van der Waals surface area contributed by atoms with Gasteiger partial charge >= 0.3 is 0 Å². The first-order valence-corrected chi connectivity index (χ1v) is 6.26. The van der Waals surface area contributed by atoms with Gasteiger partial charge in [0.2, 0.25) is 0 Å². The molecule has 1 aromatic carbocycles. The summed E-state index contributed by atoms with van der Waals surface area (Å²) in [5.41, 5.74) is 9.61. The minimum atomic E-state index is 0.321. The lowest BCUT2D eigenvalue weighted by Crippen LogP contribution is -2.20. The van der Waals surface area contributed by atoms with Crippen molar-refractivity contribution in [2.45, 2.75) is 13.0 Å². The van der Waals surface area contributed by atoms with Crippen LogP contribution in [0.1, 0.15) is 16.7 Å². The van der Waals surface area contributed by atoms with Crippen molar-refractivity contribution in [3.05, 3.63) is 53.2 Å². The van der Waals surface area contributed by atoms with Crippen molar-refractivity contribution in [3.63, 3.8) is 0 Å². The molecule has 0 aliphatic carbocycles. The van der Waals surface area contributed by atoms with Crippen molar-refractivity contribution in [3.8, 4) is 6.07 Å². The normalized spacial score (nSPS) is 13.1. The maximum Gasteiger partial charge on any atom is 0.143 e. The van der Waals surface area contributed by atoms with Gasteiger partial charge in [0.25, 0.3) is 0 Å². The molecule has 0 saturated heterocycles. The highest BCUT2D eigenvalue weighted by Gasteiger charge is 2.24. The molecule has 3 rings (SSSR count). The van der Waals surface area contributed by atoms with Gasteiger partial charge in [-0.2, -0.15) is 5.26 Å². The fourth-order valence-electron chi connectivity index (χ4n) is 2.54. The summed E-state index contributed by atoms with van der Waals surface area (Å²) >= 11 is 0. The van der Waals surface area contributed by atoms with Crippen molar-refractivity contribution >= 4 is 11.5 Å². The molecule has 0 fully saturated rings. The third-order valence-corrected chi connectivity index (χ3v) is 3.45. The fraction of sp³-hybridized carbons (Fsp3) is 0.200. The lowest BCUT2D eigenvalue weighted by Gasteiger charge is -2.20. The molecule has 0 spiro atoms. The van der Waals surface area contributed by atoms with Gasteiger partial charge in [-0.25, -0.2) is 4.98 Å². The summed E-state index contributed by atoms with van der Waals surface area (Å²) in [5, 5.41) is 9.27. The van der Waals surface area contributed by atoms with Crippen molar-refractivity contribution in [2.75, 3.05) is 17.2 Å². The van der Waals surface area contributed by atoms with Gasteiger partial charge in [-0.3, -0.25) is 0 Å². The third kappa shape index (κ3) is 2.00. The van der Waals surface area contributed by atoms with Crippen LogP contribution in [0.15, 0.2) is 36.5 Å². The Morgan fingerprint density at radius 1 is 1.32 bits per heavy atom. The van der Waals surface area contributed by atoms with Crippen molar-refractivity contribution in [2.24, 2.45) is 0 Å². The summed E-state index contributed by atoms with van der Waals surface area (Å²) < 4.78 is 0. The molecule has 1 aliphatic heterocycles. The quantitative estimate of drug-likeness (QED) is 0.886. The number of pyridine rings is 1. The van der Waals surface area contributed by atoms with Gasteiger partial charge in [0.1, 0.15) is 17.5 Å². The Morgan fingerprint density at radius 3 is 2.84 bits per heavy atom. The summed E-state index contributed by atoms with van der Waals surface area (Å²) in [7, 11) is 0. The SMILES string of the molecule is N#Cc1c(N)ncc2c1N(Cc1ccccc1)CC2. The molecule has 0 unspecified atom stereocenters. The zero-order valence-electron chi connectivity index (χ0n) is 10.5. The molecule has 1 aromatic heterocycles. The Labute approximate surface area is 112 Å². The van der Waals surface area contributed by atoms with Gasteiger partial charge in [-0.05, 0) is 17.5 Å². The average molecular weight is 250 g/mol. The highest BCUT2D eigenvalue weighted by atomic mass is 15.2. The third-order valence-electron chi connectivity index (χ3n) is 3.45. The van der Waals surface area contributed by atoms with Gasteiger partial charge < -0.3 is 10.6 Å². The second kappa shape index (κ2) is 4.62. The molecule has 0 amide bonds. The number of nitrogens with zero attached hydrogens (tertiary/aromatic N) is 3. The summed E-state index contributed by atoms with van der Waals surface area (Å²) in [4.78, 5) is 6.30. The van der Waals surface area contributed by atoms with Crippen molar-refractivity contribution in [1.29, 1.82) is 5.26 Å². The maximum atomic E-state index is 9.27. The molecular formula is C15H14N4. The molecule has 0 saturated carbocycles. The van der Waals surface area contributed by atoms with Crippen LogP contribution in [0.3, 0.4) is 0 Å². The van der Waals surface area contributed by atoms with E-state index in [0.717, 1.165) is 30.8 Å².